The molecule has 3 N–H and O–H groups in total. The molecule has 8 nitrogen and oxygen atoms in total. The smallest absolute Gasteiger partial charge is 0.254 e. The summed E-state index contributed by atoms with van der Waals surface area (Å²) in [5.41, 5.74) is 8.05. The lowest BCUT2D eigenvalue weighted by molar-refractivity contribution is 0.0983. The summed E-state index contributed by atoms with van der Waals surface area (Å²) in [5, 5.41) is 12.4. The van der Waals surface area contributed by atoms with Gasteiger partial charge in [0.05, 0.1) is 17.3 Å². The molecule has 0 bridgehead atoms. The molecule has 4 rings (SSSR count). The van der Waals surface area contributed by atoms with E-state index in [1.54, 1.807) is 36.7 Å². The summed E-state index contributed by atoms with van der Waals surface area (Å²) in [5.74, 6) is 0.328. The first-order valence-electron chi connectivity index (χ1n) is 10.1. The van der Waals surface area contributed by atoms with Crippen molar-refractivity contribution < 1.29 is 9.53 Å². The summed E-state index contributed by atoms with van der Waals surface area (Å²) < 4.78 is 5.95. The SMILES string of the molecule is N#Cc1ccc(-c2ccnc(NC3CCC(Oc4ncccc4C(N)=O)CC3)n2)cc1. The fourth-order valence-electron chi connectivity index (χ4n) is 3.64. The predicted octanol–water partition coefficient (Wildman–Crippen LogP) is 3.31. The van der Waals surface area contributed by atoms with E-state index in [-0.39, 0.29) is 12.1 Å². The number of anilines is 1. The molecule has 0 radical (unpaired) electrons. The number of carbonyl (C=O) groups excluding carboxylic acids is 1. The fraction of sp³-hybridized carbons (Fsp3) is 0.261. The molecule has 0 atom stereocenters. The lowest BCUT2D eigenvalue weighted by Crippen LogP contribution is -2.32. The van der Waals surface area contributed by atoms with E-state index in [2.05, 4.69) is 26.3 Å². The molecule has 0 saturated heterocycles. The van der Waals surface area contributed by atoms with Crippen molar-refractivity contribution in [1.29, 1.82) is 5.26 Å². The molecule has 0 spiro atoms. The molecule has 1 saturated carbocycles. The van der Waals surface area contributed by atoms with E-state index in [4.69, 9.17) is 15.7 Å². The number of primary amides is 1. The number of carbonyl (C=O) groups is 1. The molecule has 1 amide bonds. The van der Waals surface area contributed by atoms with Crippen LogP contribution in [0.2, 0.25) is 0 Å². The van der Waals surface area contributed by atoms with Gasteiger partial charge >= 0.3 is 0 Å². The van der Waals surface area contributed by atoms with Gasteiger partial charge in [-0.2, -0.15) is 5.26 Å². The molecular weight excluding hydrogens is 392 g/mol. The van der Waals surface area contributed by atoms with E-state index in [1.165, 1.54) is 0 Å². The van der Waals surface area contributed by atoms with Crippen LogP contribution in [0, 0.1) is 11.3 Å². The van der Waals surface area contributed by atoms with Crippen molar-refractivity contribution in [2.24, 2.45) is 5.73 Å². The number of nitrogens with two attached hydrogens (primary N) is 1. The van der Waals surface area contributed by atoms with Crippen LogP contribution in [0.25, 0.3) is 11.3 Å². The highest BCUT2D eigenvalue weighted by Crippen LogP contribution is 2.26. The second-order valence-electron chi connectivity index (χ2n) is 7.41. The molecule has 8 heteroatoms. The number of pyridine rings is 1. The van der Waals surface area contributed by atoms with Crippen LogP contribution in [0.15, 0.2) is 54.9 Å². The van der Waals surface area contributed by atoms with E-state index >= 15 is 0 Å². The Kier molecular flexibility index (Phi) is 6.03. The van der Waals surface area contributed by atoms with Crippen LogP contribution in [-0.2, 0) is 0 Å². The minimum atomic E-state index is -0.544. The maximum Gasteiger partial charge on any atom is 0.254 e. The molecule has 1 fully saturated rings. The quantitative estimate of drug-likeness (QED) is 0.633. The van der Waals surface area contributed by atoms with Crippen LogP contribution < -0.4 is 15.8 Å². The summed E-state index contributed by atoms with van der Waals surface area (Å²) in [4.78, 5) is 24.7. The Morgan fingerprint density at radius 3 is 2.55 bits per heavy atom. The minimum absolute atomic E-state index is 0.0167. The minimum Gasteiger partial charge on any atom is -0.474 e. The van der Waals surface area contributed by atoms with Crippen molar-refractivity contribution >= 4 is 11.9 Å². The molecule has 2 heterocycles. The Morgan fingerprint density at radius 1 is 1.06 bits per heavy atom. The largest absolute Gasteiger partial charge is 0.474 e. The van der Waals surface area contributed by atoms with Crippen molar-refractivity contribution in [2.45, 2.75) is 37.8 Å². The van der Waals surface area contributed by atoms with Gasteiger partial charge in [0.1, 0.15) is 11.7 Å². The normalized spacial score (nSPS) is 18.0. The van der Waals surface area contributed by atoms with Gasteiger partial charge in [-0.25, -0.2) is 15.0 Å². The molecule has 1 aliphatic carbocycles. The first kappa shape index (κ1) is 20.3. The second kappa shape index (κ2) is 9.22. The van der Waals surface area contributed by atoms with Crippen LogP contribution >= 0.6 is 0 Å². The van der Waals surface area contributed by atoms with Gasteiger partial charge in [0, 0.05) is 24.0 Å². The zero-order valence-electron chi connectivity index (χ0n) is 16.9. The first-order chi connectivity index (χ1) is 15.1. The van der Waals surface area contributed by atoms with E-state index in [0.29, 0.717) is 23.0 Å². The van der Waals surface area contributed by atoms with Crippen LogP contribution in [0.4, 0.5) is 5.95 Å². The predicted molar refractivity (Wildman–Crippen MR) is 115 cm³/mol. The summed E-state index contributed by atoms with van der Waals surface area (Å²) >= 11 is 0. The van der Waals surface area contributed by atoms with Gasteiger partial charge in [0.25, 0.3) is 5.91 Å². The summed E-state index contributed by atoms with van der Waals surface area (Å²) in [7, 11) is 0. The number of amides is 1. The Balaban J connectivity index is 1.35. The number of benzene rings is 1. The summed E-state index contributed by atoms with van der Waals surface area (Å²) in [6.07, 6.45) is 6.71. The highest BCUT2D eigenvalue weighted by Gasteiger charge is 2.24. The van der Waals surface area contributed by atoms with E-state index in [9.17, 15) is 4.79 Å². The standard InChI is InChI=1S/C23H22N6O2/c24-14-15-3-5-16(6-4-15)20-11-13-27-23(29-20)28-17-7-9-18(10-8-17)31-22-19(21(25)30)2-1-12-26-22/h1-6,11-13,17-18H,7-10H2,(H2,25,30)(H,27,28,29). The maximum atomic E-state index is 11.5. The Labute approximate surface area is 180 Å². The fourth-order valence-corrected chi connectivity index (χ4v) is 3.64. The Morgan fingerprint density at radius 2 is 1.84 bits per heavy atom. The maximum absolute atomic E-state index is 11.5. The van der Waals surface area contributed by atoms with Gasteiger partial charge in [-0.1, -0.05) is 12.1 Å². The monoisotopic (exact) mass is 414 g/mol. The van der Waals surface area contributed by atoms with E-state index in [1.807, 2.05) is 18.2 Å². The zero-order valence-corrected chi connectivity index (χ0v) is 16.9. The number of aromatic nitrogens is 3. The second-order valence-corrected chi connectivity index (χ2v) is 7.41. The van der Waals surface area contributed by atoms with Gasteiger partial charge in [0.2, 0.25) is 11.8 Å². The van der Waals surface area contributed by atoms with Crippen LogP contribution in [0.1, 0.15) is 41.6 Å². The third-order valence-corrected chi connectivity index (χ3v) is 5.29. The number of nitrogens with zero attached hydrogens (tertiary/aromatic N) is 4. The van der Waals surface area contributed by atoms with Gasteiger partial charge in [-0.05, 0) is 56.0 Å². The van der Waals surface area contributed by atoms with Crippen LogP contribution in [-0.4, -0.2) is 33.0 Å². The number of ether oxygens (including phenoxy) is 1. The number of nitriles is 1. The third-order valence-electron chi connectivity index (χ3n) is 5.29. The molecule has 156 valence electrons. The highest BCUT2D eigenvalue weighted by atomic mass is 16.5. The number of nitrogens with one attached hydrogen (secondary N) is 1. The molecule has 1 aromatic carbocycles. The van der Waals surface area contributed by atoms with Gasteiger partial charge < -0.3 is 15.8 Å². The lowest BCUT2D eigenvalue weighted by Gasteiger charge is -2.29. The first-order valence-corrected chi connectivity index (χ1v) is 10.1. The molecular formula is C23H22N6O2. The lowest BCUT2D eigenvalue weighted by atomic mass is 9.93. The van der Waals surface area contributed by atoms with E-state index in [0.717, 1.165) is 36.9 Å². The van der Waals surface area contributed by atoms with Crippen molar-refractivity contribution in [2.75, 3.05) is 5.32 Å². The van der Waals surface area contributed by atoms with Gasteiger partial charge in [0.15, 0.2) is 0 Å². The Bertz CT molecular complexity index is 1100. The van der Waals surface area contributed by atoms with Crippen molar-refractivity contribution in [1.82, 2.24) is 15.0 Å². The molecule has 2 aromatic heterocycles. The van der Waals surface area contributed by atoms with Crippen molar-refractivity contribution in [3.05, 3.63) is 66.0 Å². The van der Waals surface area contributed by atoms with Crippen molar-refractivity contribution in [3.8, 4) is 23.2 Å². The van der Waals surface area contributed by atoms with Gasteiger partial charge in [-0.3, -0.25) is 4.79 Å². The van der Waals surface area contributed by atoms with E-state index < -0.39 is 5.91 Å². The number of rotatable bonds is 6. The Hall–Kier alpha value is -3.99. The average molecular weight is 414 g/mol. The molecule has 31 heavy (non-hydrogen) atoms. The molecule has 1 aliphatic rings. The summed E-state index contributed by atoms with van der Waals surface area (Å²) in [6.45, 7) is 0. The van der Waals surface area contributed by atoms with Crippen LogP contribution in [0.5, 0.6) is 5.88 Å². The third kappa shape index (κ3) is 4.95. The highest BCUT2D eigenvalue weighted by molar-refractivity contribution is 5.94. The number of hydrogen-bond acceptors (Lipinski definition) is 7. The topological polar surface area (TPSA) is 127 Å². The average Bonchev–Trinajstić information content (AvgIpc) is 2.81. The molecule has 0 unspecified atom stereocenters. The molecule has 3 aromatic rings. The van der Waals surface area contributed by atoms with Crippen LogP contribution in [0.3, 0.4) is 0 Å². The van der Waals surface area contributed by atoms with Crippen molar-refractivity contribution in [3.63, 3.8) is 0 Å². The van der Waals surface area contributed by atoms with Gasteiger partial charge in [-0.15, -0.1) is 0 Å². The summed E-state index contributed by atoms with van der Waals surface area (Å²) in [6, 6.07) is 14.8. The molecule has 0 aliphatic heterocycles. The number of hydrogen-bond donors (Lipinski definition) is 2. The zero-order chi connectivity index (χ0) is 21.6.